The van der Waals surface area contributed by atoms with Crippen LogP contribution in [0.2, 0.25) is 0 Å². The van der Waals surface area contributed by atoms with Crippen LogP contribution in [-0.4, -0.2) is 58.3 Å². The van der Waals surface area contributed by atoms with Gasteiger partial charge in [0.1, 0.15) is 17.3 Å². The van der Waals surface area contributed by atoms with Crippen molar-refractivity contribution < 1.29 is 23.8 Å². The van der Waals surface area contributed by atoms with E-state index in [2.05, 4.69) is 15.2 Å². The molecule has 0 aromatic carbocycles. The van der Waals surface area contributed by atoms with Crippen molar-refractivity contribution in [1.82, 2.24) is 29.4 Å². The standard InChI is InChI=1S/C24H25F2N7O3/c25-18-7-15(9-28-22(18)16-10-29-32(12-16)5-6-34)17-11-30-33-20(27)8-19(31-23(17)33)13-1-3-14(4-2-13)21(26)24(35)36/h7-14,21,34H,1-6,27H2,(H,35,36)/t13-,14+,21?. The number of nitrogens with zero attached hydrogens (tertiary/aromatic N) is 6. The van der Waals surface area contributed by atoms with E-state index in [-0.39, 0.29) is 18.2 Å². The van der Waals surface area contributed by atoms with Gasteiger partial charge in [-0.3, -0.25) is 9.67 Å². The summed E-state index contributed by atoms with van der Waals surface area (Å²) in [5.41, 5.74) is 9.06. The second kappa shape index (κ2) is 9.61. The van der Waals surface area contributed by atoms with Gasteiger partial charge in [-0.1, -0.05) is 0 Å². The predicted molar refractivity (Wildman–Crippen MR) is 126 cm³/mol. The van der Waals surface area contributed by atoms with Crippen molar-refractivity contribution in [1.29, 1.82) is 0 Å². The zero-order chi connectivity index (χ0) is 25.4. The lowest BCUT2D eigenvalue weighted by Gasteiger charge is -2.28. The van der Waals surface area contributed by atoms with Crippen molar-refractivity contribution >= 4 is 17.4 Å². The number of hydrogen-bond acceptors (Lipinski definition) is 7. The summed E-state index contributed by atoms with van der Waals surface area (Å²) in [6, 6.07) is 3.08. The second-order valence-electron chi connectivity index (χ2n) is 9.02. The van der Waals surface area contributed by atoms with Crippen LogP contribution in [0.4, 0.5) is 14.6 Å². The van der Waals surface area contributed by atoms with E-state index < -0.39 is 23.9 Å². The summed E-state index contributed by atoms with van der Waals surface area (Å²) in [6.07, 6.45) is 6.41. The molecule has 0 radical (unpaired) electrons. The Hall–Kier alpha value is -3.93. The summed E-state index contributed by atoms with van der Waals surface area (Å²) < 4.78 is 31.9. The zero-order valence-electron chi connectivity index (χ0n) is 19.3. The molecule has 1 atom stereocenters. The number of aliphatic carboxylic acids is 1. The molecule has 188 valence electrons. The smallest absolute Gasteiger partial charge is 0.338 e. The van der Waals surface area contributed by atoms with Gasteiger partial charge in [-0.25, -0.2) is 18.6 Å². The third-order valence-corrected chi connectivity index (χ3v) is 6.75. The second-order valence-corrected chi connectivity index (χ2v) is 9.02. The number of nitrogen functional groups attached to an aromatic ring is 1. The molecule has 36 heavy (non-hydrogen) atoms. The lowest BCUT2D eigenvalue weighted by molar-refractivity contribution is -0.145. The Kier molecular flexibility index (Phi) is 6.35. The van der Waals surface area contributed by atoms with Crippen molar-refractivity contribution in [2.24, 2.45) is 5.92 Å². The molecule has 0 aliphatic heterocycles. The van der Waals surface area contributed by atoms with Crippen molar-refractivity contribution in [3.05, 3.63) is 48.4 Å². The minimum absolute atomic E-state index is 0.00462. The number of carboxylic acid groups (broad SMARTS) is 1. The van der Waals surface area contributed by atoms with Gasteiger partial charge in [0.15, 0.2) is 11.8 Å². The summed E-state index contributed by atoms with van der Waals surface area (Å²) in [5, 5.41) is 26.4. The maximum Gasteiger partial charge on any atom is 0.338 e. The van der Waals surface area contributed by atoms with E-state index >= 15 is 4.39 Å². The van der Waals surface area contributed by atoms with E-state index in [9.17, 15) is 9.18 Å². The molecule has 4 aromatic rings. The Balaban J connectivity index is 1.43. The Morgan fingerprint density at radius 1 is 1.14 bits per heavy atom. The number of alkyl halides is 1. The number of anilines is 1. The number of aliphatic hydroxyl groups excluding tert-OH is 1. The van der Waals surface area contributed by atoms with Crippen LogP contribution < -0.4 is 5.73 Å². The monoisotopic (exact) mass is 497 g/mol. The SMILES string of the molecule is Nc1cc([C@H]2CC[C@@H](C(F)C(=O)O)CC2)nc2c(-c3cnc(-c4cnn(CCO)c4)c(F)c3)cnn12. The molecule has 4 heterocycles. The molecule has 1 unspecified atom stereocenters. The average Bonchev–Trinajstić information content (AvgIpc) is 3.51. The van der Waals surface area contributed by atoms with Gasteiger partial charge >= 0.3 is 5.97 Å². The Labute approximate surface area is 204 Å². The Morgan fingerprint density at radius 3 is 2.61 bits per heavy atom. The van der Waals surface area contributed by atoms with Crippen LogP contribution >= 0.6 is 0 Å². The number of nitrogens with two attached hydrogens (primary N) is 1. The molecule has 12 heteroatoms. The topological polar surface area (TPSA) is 144 Å². The maximum atomic E-state index is 15.0. The molecule has 0 amide bonds. The number of carbonyl (C=O) groups is 1. The fourth-order valence-electron chi connectivity index (χ4n) is 4.84. The first-order valence-electron chi connectivity index (χ1n) is 11.7. The van der Waals surface area contributed by atoms with E-state index in [0.29, 0.717) is 66.1 Å². The highest BCUT2D eigenvalue weighted by molar-refractivity contribution is 5.78. The molecule has 4 aromatic heterocycles. The number of rotatable bonds is 7. The molecular weight excluding hydrogens is 472 g/mol. The molecule has 4 N–H and O–H groups in total. The van der Waals surface area contributed by atoms with Crippen LogP contribution in [-0.2, 0) is 11.3 Å². The highest BCUT2D eigenvalue weighted by atomic mass is 19.1. The fourth-order valence-corrected chi connectivity index (χ4v) is 4.84. The zero-order valence-corrected chi connectivity index (χ0v) is 19.3. The molecule has 0 spiro atoms. The van der Waals surface area contributed by atoms with E-state index in [0.717, 1.165) is 0 Å². The molecule has 1 saturated carbocycles. The normalized spacial score (nSPS) is 19.0. The van der Waals surface area contributed by atoms with Gasteiger partial charge < -0.3 is 15.9 Å². The molecule has 0 saturated heterocycles. The first kappa shape index (κ1) is 23.8. The summed E-state index contributed by atoms with van der Waals surface area (Å²) in [4.78, 5) is 20.0. The fraction of sp³-hybridized carbons (Fsp3) is 0.375. The maximum absolute atomic E-state index is 15.0. The van der Waals surface area contributed by atoms with Gasteiger partial charge in [-0.2, -0.15) is 14.7 Å². The molecular formula is C24H25F2N7O3. The first-order valence-corrected chi connectivity index (χ1v) is 11.7. The third kappa shape index (κ3) is 4.39. The molecule has 1 aliphatic rings. The van der Waals surface area contributed by atoms with Crippen LogP contribution in [0, 0.1) is 11.7 Å². The lowest BCUT2D eigenvalue weighted by Crippen LogP contribution is -2.28. The number of halogens is 2. The predicted octanol–water partition coefficient (Wildman–Crippen LogP) is 3.06. The van der Waals surface area contributed by atoms with E-state index in [1.54, 1.807) is 18.5 Å². The molecule has 0 bridgehead atoms. The summed E-state index contributed by atoms with van der Waals surface area (Å²) in [5.74, 6) is -2.11. The summed E-state index contributed by atoms with van der Waals surface area (Å²) in [7, 11) is 0. The molecule has 1 fully saturated rings. The number of aromatic nitrogens is 6. The highest BCUT2D eigenvalue weighted by Crippen LogP contribution is 2.38. The van der Waals surface area contributed by atoms with Gasteiger partial charge in [-0.05, 0) is 31.7 Å². The van der Waals surface area contributed by atoms with E-state index in [1.807, 2.05) is 0 Å². The van der Waals surface area contributed by atoms with Crippen molar-refractivity contribution in [3.63, 3.8) is 0 Å². The van der Waals surface area contributed by atoms with Crippen molar-refractivity contribution in [3.8, 4) is 22.4 Å². The number of carboxylic acids is 1. The van der Waals surface area contributed by atoms with Crippen LogP contribution in [0.15, 0.2) is 36.9 Å². The first-order chi connectivity index (χ1) is 17.4. The Bertz CT molecular complexity index is 1410. The van der Waals surface area contributed by atoms with Crippen molar-refractivity contribution in [2.75, 3.05) is 12.3 Å². The van der Waals surface area contributed by atoms with Gasteiger partial charge in [0.05, 0.1) is 25.5 Å². The highest BCUT2D eigenvalue weighted by Gasteiger charge is 2.33. The summed E-state index contributed by atoms with van der Waals surface area (Å²) >= 11 is 0. The number of aliphatic hydroxyl groups is 1. The van der Waals surface area contributed by atoms with Gasteiger partial charge in [0.25, 0.3) is 0 Å². The lowest BCUT2D eigenvalue weighted by atomic mass is 9.78. The molecule has 1 aliphatic carbocycles. The van der Waals surface area contributed by atoms with Gasteiger partial charge in [0, 0.05) is 52.7 Å². The van der Waals surface area contributed by atoms with Gasteiger partial charge in [-0.15, -0.1) is 0 Å². The number of fused-ring (bicyclic) bond motifs is 1. The number of hydrogen-bond donors (Lipinski definition) is 3. The molecule has 10 nitrogen and oxygen atoms in total. The quantitative estimate of drug-likeness (QED) is 0.353. The van der Waals surface area contributed by atoms with Crippen LogP contribution in [0.25, 0.3) is 28.0 Å². The van der Waals surface area contributed by atoms with Gasteiger partial charge in [0.2, 0.25) is 0 Å². The average molecular weight is 498 g/mol. The molecule has 5 rings (SSSR count). The minimum atomic E-state index is -1.86. The Morgan fingerprint density at radius 2 is 1.92 bits per heavy atom. The van der Waals surface area contributed by atoms with E-state index in [1.165, 1.54) is 27.7 Å². The van der Waals surface area contributed by atoms with E-state index in [4.69, 9.17) is 20.9 Å². The van der Waals surface area contributed by atoms with Crippen LogP contribution in [0.5, 0.6) is 0 Å². The van der Waals surface area contributed by atoms with Crippen LogP contribution in [0.3, 0.4) is 0 Å². The van der Waals surface area contributed by atoms with Crippen LogP contribution in [0.1, 0.15) is 37.3 Å². The minimum Gasteiger partial charge on any atom is -0.479 e. The third-order valence-electron chi connectivity index (χ3n) is 6.75. The van der Waals surface area contributed by atoms with Crippen molar-refractivity contribution in [2.45, 2.75) is 44.3 Å². The largest absolute Gasteiger partial charge is 0.479 e. The number of pyridine rings is 1. The summed E-state index contributed by atoms with van der Waals surface area (Å²) in [6.45, 7) is 0.218.